The van der Waals surface area contributed by atoms with Gasteiger partial charge < -0.3 is 14.8 Å². The van der Waals surface area contributed by atoms with E-state index in [9.17, 15) is 0 Å². The normalized spacial score (nSPS) is 10.7. The summed E-state index contributed by atoms with van der Waals surface area (Å²) in [5, 5.41) is 3.23. The predicted octanol–water partition coefficient (Wildman–Crippen LogP) is 2.95. The van der Waals surface area contributed by atoms with Crippen molar-refractivity contribution in [1.82, 2.24) is 4.98 Å². The van der Waals surface area contributed by atoms with Crippen molar-refractivity contribution in [2.45, 2.75) is 27.2 Å². The molecule has 0 spiro atoms. The van der Waals surface area contributed by atoms with Crippen LogP contribution < -0.4 is 10.1 Å². The summed E-state index contributed by atoms with van der Waals surface area (Å²) in [6.07, 6.45) is 1.08. The van der Waals surface area contributed by atoms with E-state index in [4.69, 9.17) is 9.47 Å². The molecule has 0 radical (unpaired) electrons. The molecule has 0 saturated carbocycles. The maximum atomic E-state index is 5.53. The summed E-state index contributed by atoms with van der Waals surface area (Å²) in [7, 11) is 0. The third-order valence-corrected chi connectivity index (χ3v) is 2.21. The number of hydrogen-bond acceptors (Lipinski definition) is 4. The second-order valence-corrected chi connectivity index (χ2v) is 4.61. The lowest BCUT2D eigenvalue weighted by molar-refractivity contribution is 0.0807. The van der Waals surface area contributed by atoms with Gasteiger partial charge in [-0.2, -0.15) is 4.98 Å². The molecule has 1 rings (SSSR count). The Bertz CT molecular complexity index is 329. The second kappa shape index (κ2) is 8.75. The molecule has 0 atom stereocenters. The van der Waals surface area contributed by atoms with Gasteiger partial charge in [0.1, 0.15) is 12.4 Å². The van der Waals surface area contributed by atoms with Crippen molar-refractivity contribution in [3.63, 3.8) is 0 Å². The van der Waals surface area contributed by atoms with Crippen LogP contribution in [0.3, 0.4) is 0 Å². The molecule has 0 bridgehead atoms. The summed E-state index contributed by atoms with van der Waals surface area (Å²) < 4.78 is 11.0. The number of hydrogen-bond donors (Lipinski definition) is 1. The number of nitrogens with zero attached hydrogens (tertiary/aromatic N) is 1. The minimum Gasteiger partial charge on any atom is -0.475 e. The molecular weight excluding hydrogens is 228 g/mol. The summed E-state index contributed by atoms with van der Waals surface area (Å²) in [4.78, 5) is 4.35. The molecule has 4 nitrogen and oxygen atoms in total. The highest BCUT2D eigenvalue weighted by Gasteiger charge is 1.99. The maximum absolute atomic E-state index is 5.53. The Kier molecular flexibility index (Phi) is 7.18. The Labute approximate surface area is 110 Å². The molecule has 0 fully saturated rings. The van der Waals surface area contributed by atoms with Gasteiger partial charge in [0.25, 0.3) is 0 Å². The molecule has 0 saturated heterocycles. The fourth-order valence-corrected chi connectivity index (χ4v) is 1.37. The topological polar surface area (TPSA) is 43.4 Å². The second-order valence-electron chi connectivity index (χ2n) is 4.61. The number of anilines is 1. The van der Waals surface area contributed by atoms with E-state index in [2.05, 4.69) is 31.1 Å². The highest BCUT2D eigenvalue weighted by atomic mass is 16.5. The van der Waals surface area contributed by atoms with Crippen molar-refractivity contribution in [1.29, 1.82) is 0 Å². The molecule has 0 aliphatic carbocycles. The molecule has 18 heavy (non-hydrogen) atoms. The number of rotatable bonds is 9. The van der Waals surface area contributed by atoms with E-state index in [-0.39, 0.29) is 0 Å². The first-order valence-corrected chi connectivity index (χ1v) is 6.63. The Morgan fingerprint density at radius 1 is 1.28 bits per heavy atom. The van der Waals surface area contributed by atoms with Crippen LogP contribution in [0.2, 0.25) is 0 Å². The lowest BCUT2D eigenvalue weighted by Gasteiger charge is -2.09. The monoisotopic (exact) mass is 252 g/mol. The first kappa shape index (κ1) is 14.8. The van der Waals surface area contributed by atoms with Crippen LogP contribution in [0.4, 0.5) is 5.82 Å². The minimum atomic E-state index is 0.539. The SMILES string of the molecule is CCCNc1cccc(OCCOCC(C)C)n1. The van der Waals surface area contributed by atoms with Crippen molar-refractivity contribution >= 4 is 5.82 Å². The van der Waals surface area contributed by atoms with Gasteiger partial charge >= 0.3 is 0 Å². The number of ether oxygens (including phenoxy) is 2. The van der Waals surface area contributed by atoms with Crippen LogP contribution in [-0.2, 0) is 4.74 Å². The molecule has 1 heterocycles. The van der Waals surface area contributed by atoms with E-state index in [1.807, 2.05) is 18.2 Å². The van der Waals surface area contributed by atoms with Gasteiger partial charge in [0.15, 0.2) is 0 Å². The zero-order valence-corrected chi connectivity index (χ0v) is 11.6. The third kappa shape index (κ3) is 6.45. The zero-order valence-electron chi connectivity index (χ0n) is 11.6. The summed E-state index contributed by atoms with van der Waals surface area (Å²) in [5.41, 5.74) is 0. The van der Waals surface area contributed by atoms with Crippen LogP contribution in [0, 0.1) is 5.92 Å². The average molecular weight is 252 g/mol. The van der Waals surface area contributed by atoms with Crippen molar-refractivity contribution in [2.24, 2.45) is 5.92 Å². The summed E-state index contributed by atoms with van der Waals surface area (Å²) in [5.74, 6) is 2.06. The number of nitrogens with one attached hydrogen (secondary N) is 1. The molecule has 102 valence electrons. The van der Waals surface area contributed by atoms with E-state index in [0.717, 1.165) is 25.4 Å². The molecule has 0 aliphatic heterocycles. The smallest absolute Gasteiger partial charge is 0.215 e. The molecule has 0 unspecified atom stereocenters. The fraction of sp³-hybridized carbons (Fsp3) is 0.643. The molecule has 0 amide bonds. The van der Waals surface area contributed by atoms with Gasteiger partial charge in [-0.05, 0) is 18.4 Å². The van der Waals surface area contributed by atoms with Crippen molar-refractivity contribution in [3.05, 3.63) is 18.2 Å². The summed E-state index contributed by atoms with van der Waals surface area (Å²) in [6, 6.07) is 5.74. The van der Waals surface area contributed by atoms with Crippen molar-refractivity contribution < 1.29 is 9.47 Å². The molecule has 0 aliphatic rings. The Hall–Kier alpha value is -1.29. The molecular formula is C14H24N2O2. The van der Waals surface area contributed by atoms with Gasteiger partial charge in [0.05, 0.1) is 6.61 Å². The maximum Gasteiger partial charge on any atom is 0.215 e. The van der Waals surface area contributed by atoms with Crippen LogP contribution >= 0.6 is 0 Å². The van der Waals surface area contributed by atoms with Crippen LogP contribution in [0.5, 0.6) is 5.88 Å². The van der Waals surface area contributed by atoms with Crippen LogP contribution in [-0.4, -0.2) is 31.3 Å². The molecule has 1 N–H and O–H groups in total. The Morgan fingerprint density at radius 3 is 2.83 bits per heavy atom. The van der Waals surface area contributed by atoms with Gasteiger partial charge in [0.2, 0.25) is 5.88 Å². The van der Waals surface area contributed by atoms with Crippen molar-refractivity contribution in [3.8, 4) is 5.88 Å². The van der Waals surface area contributed by atoms with Gasteiger partial charge in [-0.3, -0.25) is 0 Å². The van der Waals surface area contributed by atoms with E-state index < -0.39 is 0 Å². The minimum absolute atomic E-state index is 0.539. The Morgan fingerprint density at radius 2 is 2.11 bits per heavy atom. The van der Waals surface area contributed by atoms with Crippen LogP contribution in [0.25, 0.3) is 0 Å². The van der Waals surface area contributed by atoms with E-state index in [1.165, 1.54) is 0 Å². The first-order valence-electron chi connectivity index (χ1n) is 6.63. The van der Waals surface area contributed by atoms with Gasteiger partial charge in [-0.15, -0.1) is 0 Å². The lowest BCUT2D eigenvalue weighted by atomic mass is 10.2. The van der Waals surface area contributed by atoms with E-state index >= 15 is 0 Å². The molecule has 4 heteroatoms. The molecule has 1 aromatic heterocycles. The number of pyridine rings is 1. The molecule has 1 aromatic rings. The average Bonchev–Trinajstić information content (AvgIpc) is 2.36. The van der Waals surface area contributed by atoms with E-state index in [1.54, 1.807) is 0 Å². The highest BCUT2D eigenvalue weighted by Crippen LogP contribution is 2.11. The van der Waals surface area contributed by atoms with Gasteiger partial charge in [0, 0.05) is 19.2 Å². The summed E-state index contributed by atoms with van der Waals surface area (Å²) >= 11 is 0. The zero-order chi connectivity index (χ0) is 13.2. The summed E-state index contributed by atoms with van der Waals surface area (Å²) in [6.45, 7) is 9.22. The standard InChI is InChI=1S/C14H24N2O2/c1-4-8-15-13-6-5-7-14(16-13)18-10-9-17-11-12(2)3/h5-7,12H,4,8-11H2,1-3H3,(H,15,16). The van der Waals surface area contributed by atoms with Gasteiger partial charge in [-0.25, -0.2) is 0 Å². The van der Waals surface area contributed by atoms with Gasteiger partial charge in [-0.1, -0.05) is 26.8 Å². The largest absolute Gasteiger partial charge is 0.475 e. The molecule has 0 aromatic carbocycles. The first-order chi connectivity index (χ1) is 8.72. The highest BCUT2D eigenvalue weighted by molar-refractivity contribution is 5.36. The van der Waals surface area contributed by atoms with E-state index in [0.29, 0.717) is 25.0 Å². The predicted molar refractivity (Wildman–Crippen MR) is 74.2 cm³/mol. The van der Waals surface area contributed by atoms with Crippen LogP contribution in [0.1, 0.15) is 27.2 Å². The third-order valence-electron chi connectivity index (χ3n) is 2.21. The Balaban J connectivity index is 2.24. The lowest BCUT2D eigenvalue weighted by Crippen LogP contribution is -2.11. The number of aromatic nitrogens is 1. The van der Waals surface area contributed by atoms with Crippen molar-refractivity contribution in [2.75, 3.05) is 31.7 Å². The van der Waals surface area contributed by atoms with Crippen LogP contribution in [0.15, 0.2) is 18.2 Å². The fourth-order valence-electron chi connectivity index (χ4n) is 1.37. The quantitative estimate of drug-likeness (QED) is 0.686.